The minimum Gasteiger partial charge on any atom is -0.385 e. The third kappa shape index (κ3) is 2.93. The van der Waals surface area contributed by atoms with Gasteiger partial charge in [0.15, 0.2) is 0 Å². The molecule has 1 aromatic carbocycles. The zero-order valence-corrected chi connectivity index (χ0v) is 9.73. The number of benzene rings is 1. The molecular formula is C11H13Cl2N. The van der Waals surface area contributed by atoms with Gasteiger partial charge in [-0.25, -0.2) is 0 Å². The quantitative estimate of drug-likeness (QED) is 0.821. The molecule has 0 spiro atoms. The van der Waals surface area contributed by atoms with Crippen LogP contribution in [0.4, 0.5) is 0 Å². The molecule has 0 saturated heterocycles. The molecule has 1 unspecified atom stereocenters. The van der Waals surface area contributed by atoms with E-state index in [-0.39, 0.29) is 6.04 Å². The standard InChI is InChI=1S/C11H13Cl2N/c1-3-6-14-8(2)10-5-4-9(12)7-11(10)13/h3-8,14H,1-2H3/b6-3+. The second-order valence-corrected chi connectivity index (χ2v) is 3.90. The maximum absolute atomic E-state index is 6.05. The molecule has 3 heteroatoms. The Morgan fingerprint density at radius 2 is 2.07 bits per heavy atom. The average molecular weight is 230 g/mol. The zero-order chi connectivity index (χ0) is 10.6. The van der Waals surface area contributed by atoms with Crippen LogP contribution in [0.5, 0.6) is 0 Å². The lowest BCUT2D eigenvalue weighted by atomic mass is 10.1. The van der Waals surface area contributed by atoms with Crippen molar-refractivity contribution in [2.45, 2.75) is 19.9 Å². The first-order valence-electron chi connectivity index (χ1n) is 4.47. The molecule has 0 fully saturated rings. The summed E-state index contributed by atoms with van der Waals surface area (Å²) < 4.78 is 0. The highest BCUT2D eigenvalue weighted by molar-refractivity contribution is 6.35. The van der Waals surface area contributed by atoms with Crippen LogP contribution in [0.3, 0.4) is 0 Å². The van der Waals surface area contributed by atoms with E-state index in [1.165, 1.54) is 0 Å². The molecule has 0 aliphatic heterocycles. The van der Waals surface area contributed by atoms with E-state index in [1.54, 1.807) is 6.07 Å². The van der Waals surface area contributed by atoms with E-state index in [0.29, 0.717) is 10.0 Å². The fourth-order valence-corrected chi connectivity index (χ4v) is 1.76. The Labute approximate surface area is 94.7 Å². The van der Waals surface area contributed by atoms with Gasteiger partial charge in [0.2, 0.25) is 0 Å². The van der Waals surface area contributed by atoms with Crippen molar-refractivity contribution < 1.29 is 0 Å². The SMILES string of the molecule is C/C=C/NC(C)c1ccc(Cl)cc1Cl. The van der Waals surface area contributed by atoms with Gasteiger partial charge in [-0.05, 0) is 37.7 Å². The summed E-state index contributed by atoms with van der Waals surface area (Å²) in [7, 11) is 0. The molecule has 1 N–H and O–H groups in total. The monoisotopic (exact) mass is 229 g/mol. The molecule has 0 bridgehead atoms. The number of allylic oxidation sites excluding steroid dienone is 1. The van der Waals surface area contributed by atoms with Crippen LogP contribution >= 0.6 is 23.2 Å². The number of rotatable bonds is 3. The van der Waals surface area contributed by atoms with E-state index in [9.17, 15) is 0 Å². The van der Waals surface area contributed by atoms with Gasteiger partial charge < -0.3 is 5.32 Å². The van der Waals surface area contributed by atoms with Crippen LogP contribution in [-0.4, -0.2) is 0 Å². The summed E-state index contributed by atoms with van der Waals surface area (Å²) in [5.41, 5.74) is 1.05. The van der Waals surface area contributed by atoms with E-state index in [4.69, 9.17) is 23.2 Å². The summed E-state index contributed by atoms with van der Waals surface area (Å²) in [5, 5.41) is 4.56. The molecule has 0 aliphatic rings. The molecule has 0 saturated carbocycles. The number of hydrogen-bond acceptors (Lipinski definition) is 1. The van der Waals surface area contributed by atoms with Gasteiger partial charge in [0.1, 0.15) is 0 Å². The summed E-state index contributed by atoms with van der Waals surface area (Å²) in [4.78, 5) is 0. The number of nitrogens with one attached hydrogen (secondary N) is 1. The second kappa shape index (κ2) is 5.28. The smallest absolute Gasteiger partial charge is 0.0494 e. The van der Waals surface area contributed by atoms with Crippen molar-refractivity contribution >= 4 is 23.2 Å². The highest BCUT2D eigenvalue weighted by Crippen LogP contribution is 2.25. The fraction of sp³-hybridized carbons (Fsp3) is 0.273. The van der Waals surface area contributed by atoms with Crippen LogP contribution in [0.15, 0.2) is 30.5 Å². The molecule has 1 aromatic rings. The first-order valence-corrected chi connectivity index (χ1v) is 5.23. The van der Waals surface area contributed by atoms with Gasteiger partial charge >= 0.3 is 0 Å². The van der Waals surface area contributed by atoms with E-state index < -0.39 is 0 Å². The van der Waals surface area contributed by atoms with Crippen LogP contribution in [0.2, 0.25) is 10.0 Å². The van der Waals surface area contributed by atoms with Gasteiger partial charge in [-0.2, -0.15) is 0 Å². The molecule has 1 rings (SSSR count). The lowest BCUT2D eigenvalue weighted by Gasteiger charge is -2.13. The molecule has 0 aliphatic carbocycles. The molecule has 0 heterocycles. The van der Waals surface area contributed by atoms with E-state index in [0.717, 1.165) is 5.56 Å². The van der Waals surface area contributed by atoms with Crippen LogP contribution in [0.25, 0.3) is 0 Å². The lowest BCUT2D eigenvalue weighted by Crippen LogP contribution is -2.11. The van der Waals surface area contributed by atoms with Crippen molar-refractivity contribution in [1.82, 2.24) is 5.32 Å². The third-order valence-corrected chi connectivity index (χ3v) is 2.50. The van der Waals surface area contributed by atoms with Gasteiger partial charge in [0, 0.05) is 16.1 Å². The van der Waals surface area contributed by atoms with Gasteiger partial charge in [-0.1, -0.05) is 35.3 Å². The summed E-state index contributed by atoms with van der Waals surface area (Å²) in [6, 6.07) is 5.73. The molecule has 0 radical (unpaired) electrons. The summed E-state index contributed by atoms with van der Waals surface area (Å²) in [6.07, 6.45) is 3.84. The molecule has 0 aromatic heterocycles. The normalized spacial score (nSPS) is 13.1. The summed E-state index contributed by atoms with van der Waals surface area (Å²) in [5.74, 6) is 0. The minimum atomic E-state index is 0.191. The van der Waals surface area contributed by atoms with Crippen molar-refractivity contribution in [3.63, 3.8) is 0 Å². The molecule has 0 amide bonds. The Bertz CT molecular complexity index is 334. The van der Waals surface area contributed by atoms with Crippen LogP contribution in [0.1, 0.15) is 25.5 Å². The van der Waals surface area contributed by atoms with Crippen LogP contribution < -0.4 is 5.32 Å². The summed E-state index contributed by atoms with van der Waals surface area (Å²) in [6.45, 7) is 4.01. The Hall–Kier alpha value is -0.660. The average Bonchev–Trinajstić information content (AvgIpc) is 2.14. The van der Waals surface area contributed by atoms with E-state index >= 15 is 0 Å². The van der Waals surface area contributed by atoms with E-state index in [2.05, 4.69) is 12.2 Å². The first-order chi connectivity index (χ1) is 6.65. The van der Waals surface area contributed by atoms with Gasteiger partial charge in [0.25, 0.3) is 0 Å². The van der Waals surface area contributed by atoms with Crippen molar-refractivity contribution in [1.29, 1.82) is 0 Å². The highest BCUT2D eigenvalue weighted by atomic mass is 35.5. The van der Waals surface area contributed by atoms with Crippen molar-refractivity contribution in [3.05, 3.63) is 46.1 Å². The summed E-state index contributed by atoms with van der Waals surface area (Å²) >= 11 is 11.9. The second-order valence-electron chi connectivity index (χ2n) is 3.05. The van der Waals surface area contributed by atoms with Crippen molar-refractivity contribution in [2.75, 3.05) is 0 Å². The molecule has 14 heavy (non-hydrogen) atoms. The molecule has 1 atom stereocenters. The van der Waals surface area contributed by atoms with E-state index in [1.807, 2.05) is 31.3 Å². The van der Waals surface area contributed by atoms with Crippen LogP contribution in [0, 0.1) is 0 Å². The number of hydrogen-bond donors (Lipinski definition) is 1. The zero-order valence-electron chi connectivity index (χ0n) is 8.22. The Morgan fingerprint density at radius 3 is 2.64 bits per heavy atom. The van der Waals surface area contributed by atoms with Gasteiger partial charge in [-0.3, -0.25) is 0 Å². The molecular weight excluding hydrogens is 217 g/mol. The molecule has 76 valence electrons. The van der Waals surface area contributed by atoms with Crippen molar-refractivity contribution in [3.8, 4) is 0 Å². The minimum absolute atomic E-state index is 0.191. The van der Waals surface area contributed by atoms with Gasteiger partial charge in [0.05, 0.1) is 0 Å². The van der Waals surface area contributed by atoms with Crippen LogP contribution in [-0.2, 0) is 0 Å². The maximum atomic E-state index is 6.05. The largest absolute Gasteiger partial charge is 0.385 e. The number of halogens is 2. The third-order valence-electron chi connectivity index (χ3n) is 1.94. The maximum Gasteiger partial charge on any atom is 0.0494 e. The predicted molar refractivity (Wildman–Crippen MR) is 62.8 cm³/mol. The topological polar surface area (TPSA) is 12.0 Å². The Morgan fingerprint density at radius 1 is 1.36 bits per heavy atom. The Kier molecular flexibility index (Phi) is 4.30. The fourth-order valence-electron chi connectivity index (χ4n) is 1.18. The predicted octanol–water partition coefficient (Wildman–Crippen LogP) is 4.18. The Balaban J connectivity index is 2.84. The molecule has 1 nitrogen and oxygen atoms in total. The first kappa shape index (κ1) is 11.4. The van der Waals surface area contributed by atoms with Crippen molar-refractivity contribution in [2.24, 2.45) is 0 Å². The van der Waals surface area contributed by atoms with Gasteiger partial charge in [-0.15, -0.1) is 0 Å². The lowest BCUT2D eigenvalue weighted by molar-refractivity contribution is 0.686. The highest BCUT2D eigenvalue weighted by Gasteiger charge is 2.07.